The van der Waals surface area contributed by atoms with Gasteiger partial charge in [-0.2, -0.15) is 5.10 Å². The van der Waals surface area contributed by atoms with E-state index in [0.717, 1.165) is 17.1 Å². The van der Waals surface area contributed by atoms with Gasteiger partial charge in [-0.1, -0.05) is 6.07 Å². The lowest BCUT2D eigenvalue weighted by Crippen LogP contribution is -2.12. The molecule has 1 amide bonds. The molecule has 1 aliphatic carbocycles. The SMILES string of the molecule is O=C(Nc1ccc(-c2n[nH]c(C3CC3)n2)cc1)c1cccc(OCc2cscn2)c1. The zero-order valence-electron chi connectivity index (χ0n) is 16.0. The van der Waals surface area contributed by atoms with Gasteiger partial charge >= 0.3 is 0 Å². The van der Waals surface area contributed by atoms with Gasteiger partial charge in [0.05, 0.1) is 11.2 Å². The normalized spacial score (nSPS) is 13.2. The van der Waals surface area contributed by atoms with Crippen LogP contribution in [-0.4, -0.2) is 26.1 Å². The number of H-pyrrole nitrogens is 1. The topological polar surface area (TPSA) is 92.8 Å². The van der Waals surface area contributed by atoms with E-state index < -0.39 is 0 Å². The molecule has 0 atom stereocenters. The first-order valence-corrected chi connectivity index (χ1v) is 10.6. The Hall–Kier alpha value is -3.52. The molecule has 150 valence electrons. The number of rotatable bonds is 7. The number of hydrogen-bond acceptors (Lipinski definition) is 6. The molecule has 8 heteroatoms. The van der Waals surface area contributed by atoms with E-state index in [4.69, 9.17) is 4.74 Å². The first-order valence-electron chi connectivity index (χ1n) is 9.68. The van der Waals surface area contributed by atoms with E-state index in [1.54, 1.807) is 23.7 Å². The number of thiazole rings is 1. The van der Waals surface area contributed by atoms with E-state index in [1.165, 1.54) is 24.2 Å². The molecule has 5 rings (SSSR count). The number of carbonyl (C=O) groups is 1. The molecule has 1 saturated carbocycles. The van der Waals surface area contributed by atoms with Crippen LogP contribution in [0.4, 0.5) is 5.69 Å². The van der Waals surface area contributed by atoms with Crippen LogP contribution in [0.3, 0.4) is 0 Å². The van der Waals surface area contributed by atoms with Gasteiger partial charge in [0.1, 0.15) is 18.2 Å². The van der Waals surface area contributed by atoms with Crippen LogP contribution in [-0.2, 0) is 6.61 Å². The molecule has 0 aliphatic heterocycles. The second-order valence-corrected chi connectivity index (χ2v) is 7.86. The third kappa shape index (κ3) is 4.23. The summed E-state index contributed by atoms with van der Waals surface area (Å²) in [6, 6.07) is 14.6. The van der Waals surface area contributed by atoms with Crippen LogP contribution in [0.15, 0.2) is 59.4 Å². The minimum absolute atomic E-state index is 0.198. The highest BCUT2D eigenvalue weighted by Crippen LogP contribution is 2.38. The molecule has 30 heavy (non-hydrogen) atoms. The summed E-state index contributed by atoms with van der Waals surface area (Å²) in [5.74, 6) is 2.60. The summed E-state index contributed by atoms with van der Waals surface area (Å²) in [6.07, 6.45) is 2.35. The van der Waals surface area contributed by atoms with E-state index in [-0.39, 0.29) is 5.91 Å². The van der Waals surface area contributed by atoms with Crippen molar-refractivity contribution in [3.05, 3.63) is 76.5 Å². The average molecular weight is 417 g/mol. The Morgan fingerprint density at radius 1 is 1.20 bits per heavy atom. The Labute approximate surface area is 177 Å². The van der Waals surface area contributed by atoms with Gasteiger partial charge in [0.15, 0.2) is 5.82 Å². The molecule has 0 spiro atoms. The van der Waals surface area contributed by atoms with Gasteiger partial charge in [0.2, 0.25) is 0 Å². The lowest BCUT2D eigenvalue weighted by molar-refractivity contribution is 0.102. The van der Waals surface area contributed by atoms with Crippen LogP contribution in [0.2, 0.25) is 0 Å². The number of amides is 1. The summed E-state index contributed by atoms with van der Waals surface area (Å²) in [4.78, 5) is 21.4. The standard InChI is InChI=1S/C22H19N5O2S/c28-22(16-2-1-3-19(10-16)29-11-18-12-30-13-23-18)24-17-8-6-15(7-9-17)21-25-20(26-27-21)14-4-5-14/h1-3,6-10,12-14H,4-5,11H2,(H,24,28)(H,25,26,27). The minimum Gasteiger partial charge on any atom is -0.487 e. The van der Waals surface area contributed by atoms with Gasteiger partial charge in [-0.25, -0.2) is 9.97 Å². The van der Waals surface area contributed by atoms with Crippen molar-refractivity contribution in [1.82, 2.24) is 20.2 Å². The largest absolute Gasteiger partial charge is 0.487 e. The lowest BCUT2D eigenvalue weighted by Gasteiger charge is -2.08. The summed E-state index contributed by atoms with van der Waals surface area (Å²) < 4.78 is 5.73. The third-order valence-electron chi connectivity index (χ3n) is 4.83. The van der Waals surface area contributed by atoms with E-state index in [0.29, 0.717) is 35.3 Å². The molecular formula is C22H19N5O2S. The van der Waals surface area contributed by atoms with Gasteiger partial charge in [-0.15, -0.1) is 11.3 Å². The molecular weight excluding hydrogens is 398 g/mol. The second-order valence-electron chi connectivity index (χ2n) is 7.15. The predicted molar refractivity (Wildman–Crippen MR) is 115 cm³/mol. The number of aromatic amines is 1. The van der Waals surface area contributed by atoms with E-state index in [1.807, 2.05) is 35.7 Å². The number of hydrogen-bond donors (Lipinski definition) is 2. The zero-order valence-corrected chi connectivity index (χ0v) is 16.9. The Kier molecular flexibility index (Phi) is 4.98. The fourth-order valence-corrected chi connectivity index (χ4v) is 3.58. The molecule has 2 heterocycles. The van der Waals surface area contributed by atoms with Crippen molar-refractivity contribution in [2.24, 2.45) is 0 Å². The Morgan fingerprint density at radius 2 is 2.07 bits per heavy atom. The molecule has 1 fully saturated rings. The van der Waals surface area contributed by atoms with Crippen molar-refractivity contribution >= 4 is 22.9 Å². The first kappa shape index (κ1) is 18.5. The molecule has 2 aromatic carbocycles. The van der Waals surface area contributed by atoms with Gasteiger partial charge in [-0.3, -0.25) is 9.89 Å². The highest BCUT2D eigenvalue weighted by Gasteiger charge is 2.27. The molecule has 0 unspecified atom stereocenters. The summed E-state index contributed by atoms with van der Waals surface area (Å²) in [6.45, 7) is 0.375. The van der Waals surface area contributed by atoms with Gasteiger partial charge in [0.25, 0.3) is 5.91 Å². The van der Waals surface area contributed by atoms with Gasteiger partial charge in [-0.05, 0) is 55.3 Å². The molecule has 0 saturated heterocycles. The molecule has 2 aromatic heterocycles. The van der Waals surface area contributed by atoms with E-state index in [9.17, 15) is 4.79 Å². The van der Waals surface area contributed by atoms with Crippen molar-refractivity contribution < 1.29 is 9.53 Å². The van der Waals surface area contributed by atoms with Crippen LogP contribution < -0.4 is 10.1 Å². The Balaban J connectivity index is 1.23. The first-order chi connectivity index (χ1) is 14.7. The molecule has 0 bridgehead atoms. The van der Waals surface area contributed by atoms with Crippen LogP contribution in [0.5, 0.6) is 5.75 Å². The van der Waals surface area contributed by atoms with E-state index in [2.05, 4.69) is 25.5 Å². The minimum atomic E-state index is -0.198. The van der Waals surface area contributed by atoms with Crippen LogP contribution >= 0.6 is 11.3 Å². The highest BCUT2D eigenvalue weighted by molar-refractivity contribution is 7.07. The maximum absolute atomic E-state index is 12.6. The molecule has 4 aromatic rings. The number of carbonyl (C=O) groups excluding carboxylic acids is 1. The van der Waals surface area contributed by atoms with Crippen LogP contribution in [0.1, 0.15) is 40.6 Å². The fourth-order valence-electron chi connectivity index (χ4n) is 3.04. The number of benzene rings is 2. The zero-order chi connectivity index (χ0) is 20.3. The monoisotopic (exact) mass is 417 g/mol. The Bertz CT molecular complexity index is 1150. The van der Waals surface area contributed by atoms with Crippen molar-refractivity contribution in [1.29, 1.82) is 0 Å². The summed E-state index contributed by atoms with van der Waals surface area (Å²) in [7, 11) is 0. The number of nitrogens with zero attached hydrogens (tertiary/aromatic N) is 3. The maximum atomic E-state index is 12.6. The predicted octanol–water partition coefficient (Wildman–Crippen LogP) is 4.64. The van der Waals surface area contributed by atoms with Crippen LogP contribution in [0.25, 0.3) is 11.4 Å². The van der Waals surface area contributed by atoms with Crippen LogP contribution in [0, 0.1) is 0 Å². The van der Waals surface area contributed by atoms with Crippen molar-refractivity contribution in [2.45, 2.75) is 25.4 Å². The van der Waals surface area contributed by atoms with Crippen molar-refractivity contribution in [3.8, 4) is 17.1 Å². The van der Waals surface area contributed by atoms with Crippen molar-refractivity contribution in [2.75, 3.05) is 5.32 Å². The summed E-state index contributed by atoms with van der Waals surface area (Å²) in [5.41, 5.74) is 4.77. The number of aromatic nitrogens is 4. The second kappa shape index (κ2) is 8.08. The molecule has 2 N–H and O–H groups in total. The molecule has 0 radical (unpaired) electrons. The van der Waals surface area contributed by atoms with Crippen molar-refractivity contribution in [3.63, 3.8) is 0 Å². The number of nitrogens with one attached hydrogen (secondary N) is 2. The molecule has 1 aliphatic rings. The smallest absolute Gasteiger partial charge is 0.255 e. The summed E-state index contributed by atoms with van der Waals surface area (Å²) in [5, 5.41) is 12.2. The van der Waals surface area contributed by atoms with E-state index >= 15 is 0 Å². The number of ether oxygens (including phenoxy) is 1. The maximum Gasteiger partial charge on any atom is 0.255 e. The number of anilines is 1. The van der Waals surface area contributed by atoms with Gasteiger partial charge in [0, 0.05) is 28.1 Å². The highest BCUT2D eigenvalue weighted by atomic mass is 32.1. The third-order valence-corrected chi connectivity index (χ3v) is 5.47. The van der Waals surface area contributed by atoms with Gasteiger partial charge < -0.3 is 10.1 Å². The average Bonchev–Trinajstić information content (AvgIpc) is 3.27. The fraction of sp³-hybridized carbons (Fsp3) is 0.182. The lowest BCUT2D eigenvalue weighted by atomic mass is 10.1. The Morgan fingerprint density at radius 3 is 2.83 bits per heavy atom. The summed E-state index contributed by atoms with van der Waals surface area (Å²) >= 11 is 1.52. The quantitative estimate of drug-likeness (QED) is 0.457. The molecule has 7 nitrogen and oxygen atoms in total.